The van der Waals surface area contributed by atoms with E-state index in [0.29, 0.717) is 4.83 Å². The molecule has 2 heteroatoms. The fourth-order valence-corrected chi connectivity index (χ4v) is 5.49. The fourth-order valence-electron chi connectivity index (χ4n) is 3.93. The van der Waals surface area contributed by atoms with Crippen molar-refractivity contribution in [3.63, 3.8) is 0 Å². The van der Waals surface area contributed by atoms with Gasteiger partial charge in [-0.2, -0.15) is 0 Å². The van der Waals surface area contributed by atoms with E-state index in [-0.39, 0.29) is 5.41 Å². The zero-order chi connectivity index (χ0) is 14.3. The van der Waals surface area contributed by atoms with Crippen molar-refractivity contribution in [2.75, 3.05) is 6.61 Å². The number of ether oxygens (including phenoxy) is 1. The first-order valence-electron chi connectivity index (χ1n) is 7.88. The monoisotopic (exact) mass is 336 g/mol. The van der Waals surface area contributed by atoms with Crippen LogP contribution in [-0.4, -0.2) is 11.4 Å². The molecule has 1 aromatic rings. The molecule has 1 heterocycles. The molecule has 1 saturated carbocycles. The second kappa shape index (κ2) is 5.36. The van der Waals surface area contributed by atoms with Crippen molar-refractivity contribution in [1.29, 1.82) is 0 Å². The van der Waals surface area contributed by atoms with Crippen LogP contribution in [0.3, 0.4) is 0 Å². The lowest BCUT2D eigenvalue weighted by Crippen LogP contribution is -2.38. The van der Waals surface area contributed by atoms with Crippen LogP contribution < -0.4 is 4.74 Å². The van der Waals surface area contributed by atoms with Crippen molar-refractivity contribution >= 4 is 15.9 Å². The van der Waals surface area contributed by atoms with Crippen molar-refractivity contribution in [3.05, 3.63) is 29.3 Å². The molecule has 0 bridgehead atoms. The lowest BCUT2D eigenvalue weighted by Gasteiger charge is -2.42. The first-order valence-corrected chi connectivity index (χ1v) is 8.80. The predicted octanol–water partition coefficient (Wildman–Crippen LogP) is 5.10. The summed E-state index contributed by atoms with van der Waals surface area (Å²) in [5.74, 6) is 2.68. The highest BCUT2D eigenvalue weighted by Gasteiger charge is 2.39. The van der Waals surface area contributed by atoms with E-state index in [2.05, 4.69) is 54.9 Å². The first-order chi connectivity index (χ1) is 9.48. The molecule has 0 radical (unpaired) electrons. The van der Waals surface area contributed by atoms with Gasteiger partial charge in [0, 0.05) is 11.2 Å². The predicted molar refractivity (Wildman–Crippen MR) is 87.9 cm³/mol. The summed E-state index contributed by atoms with van der Waals surface area (Å²) in [6.45, 7) is 8.06. The minimum Gasteiger partial charge on any atom is -0.493 e. The van der Waals surface area contributed by atoms with E-state index in [4.69, 9.17) is 4.74 Å². The number of fused-ring (bicyclic) bond motifs is 1. The molecular formula is C18H25BrO. The maximum absolute atomic E-state index is 5.64. The Morgan fingerprint density at radius 3 is 2.80 bits per heavy atom. The Bertz CT molecular complexity index is 494. The standard InChI is InChI=1S/C18H25BrO/c1-12-4-6-15(16(19)10-12)18(2,3)14-5-7-17-13(11-14)8-9-20-17/h5,7,11-12,15-16H,4,6,8-10H2,1-3H3. The van der Waals surface area contributed by atoms with Crippen LogP contribution in [0.2, 0.25) is 0 Å². The summed E-state index contributed by atoms with van der Waals surface area (Å²) < 4.78 is 5.64. The molecule has 3 rings (SSSR count). The Labute approximate surface area is 131 Å². The van der Waals surface area contributed by atoms with Crippen LogP contribution >= 0.6 is 15.9 Å². The maximum atomic E-state index is 5.64. The third-order valence-electron chi connectivity index (χ3n) is 5.40. The number of rotatable bonds is 2. The largest absolute Gasteiger partial charge is 0.493 e. The number of hydrogen-bond donors (Lipinski definition) is 0. The van der Waals surface area contributed by atoms with Gasteiger partial charge in [-0.15, -0.1) is 0 Å². The highest BCUT2D eigenvalue weighted by Crippen LogP contribution is 2.46. The summed E-state index contributed by atoms with van der Waals surface area (Å²) in [5, 5.41) is 0. The molecule has 2 aliphatic rings. The molecule has 3 atom stereocenters. The van der Waals surface area contributed by atoms with Gasteiger partial charge in [-0.1, -0.05) is 55.3 Å². The first kappa shape index (κ1) is 14.4. The van der Waals surface area contributed by atoms with E-state index < -0.39 is 0 Å². The fraction of sp³-hybridized carbons (Fsp3) is 0.667. The van der Waals surface area contributed by atoms with Gasteiger partial charge < -0.3 is 4.74 Å². The smallest absolute Gasteiger partial charge is 0.122 e. The Morgan fingerprint density at radius 2 is 2.05 bits per heavy atom. The van der Waals surface area contributed by atoms with Crippen LogP contribution in [0.1, 0.15) is 51.2 Å². The molecule has 0 amide bonds. The minimum atomic E-state index is 0.228. The Kier molecular flexibility index (Phi) is 3.87. The van der Waals surface area contributed by atoms with Gasteiger partial charge in [-0.05, 0) is 47.3 Å². The van der Waals surface area contributed by atoms with Crippen LogP contribution in [0, 0.1) is 11.8 Å². The summed E-state index contributed by atoms with van der Waals surface area (Å²) >= 11 is 3.97. The van der Waals surface area contributed by atoms with Crippen molar-refractivity contribution in [3.8, 4) is 5.75 Å². The summed E-state index contributed by atoms with van der Waals surface area (Å²) in [6, 6.07) is 6.84. The van der Waals surface area contributed by atoms with Gasteiger partial charge in [-0.25, -0.2) is 0 Å². The van der Waals surface area contributed by atoms with E-state index in [9.17, 15) is 0 Å². The van der Waals surface area contributed by atoms with Crippen LogP contribution in [0.15, 0.2) is 18.2 Å². The van der Waals surface area contributed by atoms with E-state index in [0.717, 1.165) is 30.6 Å². The van der Waals surface area contributed by atoms with Crippen molar-refractivity contribution < 1.29 is 4.74 Å². The number of halogens is 1. The molecule has 0 aromatic heterocycles. The van der Waals surface area contributed by atoms with Crippen LogP contribution in [0.4, 0.5) is 0 Å². The van der Waals surface area contributed by atoms with Gasteiger partial charge in [0.05, 0.1) is 6.61 Å². The zero-order valence-corrected chi connectivity index (χ0v) is 14.4. The number of alkyl halides is 1. The van der Waals surface area contributed by atoms with Crippen LogP contribution in [0.25, 0.3) is 0 Å². The van der Waals surface area contributed by atoms with E-state index in [1.54, 1.807) is 0 Å². The van der Waals surface area contributed by atoms with Gasteiger partial charge in [0.2, 0.25) is 0 Å². The third kappa shape index (κ3) is 2.52. The molecule has 1 aliphatic heterocycles. The molecule has 20 heavy (non-hydrogen) atoms. The van der Waals surface area contributed by atoms with Crippen LogP contribution in [0.5, 0.6) is 5.75 Å². The molecule has 110 valence electrons. The summed E-state index contributed by atoms with van der Waals surface area (Å²) in [4.78, 5) is 0.644. The summed E-state index contributed by atoms with van der Waals surface area (Å²) in [5.41, 5.74) is 3.10. The molecule has 1 aliphatic carbocycles. The molecule has 1 aromatic carbocycles. The molecule has 1 nitrogen and oxygen atoms in total. The van der Waals surface area contributed by atoms with Crippen LogP contribution in [-0.2, 0) is 11.8 Å². The normalized spacial score (nSPS) is 29.9. The summed E-state index contributed by atoms with van der Waals surface area (Å²) in [7, 11) is 0. The molecule has 0 spiro atoms. The van der Waals surface area contributed by atoms with Gasteiger partial charge in [-0.3, -0.25) is 0 Å². The Morgan fingerprint density at radius 1 is 1.25 bits per heavy atom. The maximum Gasteiger partial charge on any atom is 0.122 e. The molecule has 3 unspecified atom stereocenters. The average molecular weight is 337 g/mol. The van der Waals surface area contributed by atoms with E-state index in [1.165, 1.54) is 30.4 Å². The van der Waals surface area contributed by atoms with Gasteiger partial charge >= 0.3 is 0 Å². The topological polar surface area (TPSA) is 9.23 Å². The molecular weight excluding hydrogens is 312 g/mol. The lowest BCUT2D eigenvalue weighted by atomic mass is 9.65. The average Bonchev–Trinajstić information content (AvgIpc) is 2.85. The highest BCUT2D eigenvalue weighted by atomic mass is 79.9. The van der Waals surface area contributed by atoms with Crippen molar-refractivity contribution in [1.82, 2.24) is 0 Å². The Balaban J connectivity index is 1.87. The van der Waals surface area contributed by atoms with E-state index in [1.807, 2.05) is 0 Å². The highest BCUT2D eigenvalue weighted by molar-refractivity contribution is 9.09. The minimum absolute atomic E-state index is 0.228. The van der Waals surface area contributed by atoms with E-state index >= 15 is 0 Å². The second-order valence-electron chi connectivity index (χ2n) is 7.18. The number of hydrogen-bond acceptors (Lipinski definition) is 1. The van der Waals surface area contributed by atoms with Crippen molar-refractivity contribution in [2.45, 2.75) is 56.7 Å². The third-order valence-corrected chi connectivity index (χ3v) is 6.41. The van der Waals surface area contributed by atoms with Gasteiger partial charge in [0.1, 0.15) is 5.75 Å². The quantitative estimate of drug-likeness (QED) is 0.682. The van der Waals surface area contributed by atoms with Gasteiger partial charge in [0.15, 0.2) is 0 Å². The second-order valence-corrected chi connectivity index (χ2v) is 8.36. The molecule has 1 fully saturated rings. The molecule has 0 N–H and O–H groups in total. The SMILES string of the molecule is CC1CCC(C(C)(C)c2ccc3c(c2)CCO3)C(Br)C1. The summed E-state index contributed by atoms with van der Waals surface area (Å²) in [6.07, 6.45) is 5.07. The lowest BCUT2D eigenvalue weighted by molar-refractivity contribution is 0.214. The van der Waals surface area contributed by atoms with Gasteiger partial charge in [0.25, 0.3) is 0 Å². The Hall–Kier alpha value is -0.500. The number of benzene rings is 1. The zero-order valence-electron chi connectivity index (χ0n) is 12.8. The molecule has 0 saturated heterocycles. The van der Waals surface area contributed by atoms with Crippen molar-refractivity contribution in [2.24, 2.45) is 11.8 Å².